The zero-order valence-corrected chi connectivity index (χ0v) is 13.2. The second kappa shape index (κ2) is 6.63. The van der Waals surface area contributed by atoms with Gasteiger partial charge in [-0.2, -0.15) is 5.10 Å². The van der Waals surface area contributed by atoms with Gasteiger partial charge < -0.3 is 10.6 Å². The lowest BCUT2D eigenvalue weighted by Crippen LogP contribution is -2.06. The van der Waals surface area contributed by atoms with E-state index in [0.717, 1.165) is 17.8 Å². The van der Waals surface area contributed by atoms with Crippen LogP contribution in [0.4, 0.5) is 11.4 Å². The second-order valence-electron chi connectivity index (χ2n) is 4.86. The van der Waals surface area contributed by atoms with Gasteiger partial charge in [-0.05, 0) is 24.6 Å². The normalized spacial score (nSPS) is 10.5. The van der Waals surface area contributed by atoms with Crippen LogP contribution in [0.2, 0.25) is 5.02 Å². The highest BCUT2D eigenvalue weighted by molar-refractivity contribution is 6.34. The van der Waals surface area contributed by atoms with Crippen LogP contribution in [0.3, 0.4) is 0 Å². The van der Waals surface area contributed by atoms with Gasteiger partial charge in [0.1, 0.15) is 0 Å². The zero-order valence-electron chi connectivity index (χ0n) is 12.4. The van der Waals surface area contributed by atoms with Crippen LogP contribution < -0.4 is 10.6 Å². The number of amides is 1. The summed E-state index contributed by atoms with van der Waals surface area (Å²) in [6.45, 7) is 4.23. The van der Waals surface area contributed by atoms with Crippen LogP contribution in [-0.4, -0.2) is 15.7 Å². The Bertz CT molecular complexity index is 651. The van der Waals surface area contributed by atoms with Crippen molar-refractivity contribution in [1.29, 1.82) is 0 Å². The van der Waals surface area contributed by atoms with Crippen LogP contribution in [0, 0.1) is 0 Å². The topological polar surface area (TPSA) is 59.0 Å². The number of aryl methyl sites for hydroxylation is 2. The second-order valence-corrected chi connectivity index (χ2v) is 5.26. The van der Waals surface area contributed by atoms with Crippen LogP contribution in [0.15, 0.2) is 24.4 Å². The van der Waals surface area contributed by atoms with Crippen LogP contribution in [0.25, 0.3) is 0 Å². The number of halogens is 1. The Morgan fingerprint density at radius 2 is 2.19 bits per heavy atom. The van der Waals surface area contributed by atoms with Gasteiger partial charge in [-0.1, -0.05) is 18.5 Å². The fraction of sp³-hybridized carbons (Fsp3) is 0.333. The minimum absolute atomic E-state index is 0.138. The Hall–Kier alpha value is -2.01. The van der Waals surface area contributed by atoms with E-state index in [2.05, 4.69) is 22.7 Å². The van der Waals surface area contributed by atoms with Gasteiger partial charge >= 0.3 is 0 Å². The molecule has 2 N–H and O–H groups in total. The molecule has 0 fully saturated rings. The molecule has 0 radical (unpaired) electrons. The van der Waals surface area contributed by atoms with Crippen molar-refractivity contribution in [2.45, 2.75) is 26.8 Å². The molecule has 112 valence electrons. The van der Waals surface area contributed by atoms with Gasteiger partial charge in [0.2, 0.25) is 5.91 Å². The van der Waals surface area contributed by atoms with Crippen molar-refractivity contribution in [2.24, 2.45) is 7.05 Å². The van der Waals surface area contributed by atoms with Crippen molar-refractivity contribution in [3.63, 3.8) is 0 Å². The summed E-state index contributed by atoms with van der Waals surface area (Å²) in [5, 5.41) is 10.9. The molecule has 2 aromatic rings. The number of aromatic nitrogens is 2. The highest BCUT2D eigenvalue weighted by atomic mass is 35.5. The number of hydrogen-bond acceptors (Lipinski definition) is 3. The summed E-state index contributed by atoms with van der Waals surface area (Å²) >= 11 is 6.15. The molecule has 0 saturated carbocycles. The largest absolute Gasteiger partial charge is 0.381 e. The zero-order chi connectivity index (χ0) is 15.4. The molecule has 0 aliphatic heterocycles. The van der Waals surface area contributed by atoms with E-state index < -0.39 is 0 Å². The van der Waals surface area contributed by atoms with Crippen molar-refractivity contribution in [3.05, 3.63) is 40.7 Å². The quantitative estimate of drug-likeness (QED) is 0.892. The molecule has 1 amide bonds. The number of carbonyl (C=O) groups is 1. The molecule has 5 nitrogen and oxygen atoms in total. The van der Waals surface area contributed by atoms with E-state index in [1.165, 1.54) is 12.5 Å². The predicted octanol–water partition coefficient (Wildman–Crippen LogP) is 3.21. The summed E-state index contributed by atoms with van der Waals surface area (Å²) in [6, 6.07) is 5.48. The highest BCUT2D eigenvalue weighted by Gasteiger charge is 2.07. The first-order valence-corrected chi connectivity index (χ1v) is 7.19. The molecular formula is C15H19ClN4O. The molecule has 1 aromatic heterocycles. The molecule has 0 atom stereocenters. The number of benzene rings is 1. The van der Waals surface area contributed by atoms with Gasteiger partial charge in [0.15, 0.2) is 0 Å². The van der Waals surface area contributed by atoms with E-state index in [9.17, 15) is 4.79 Å². The lowest BCUT2D eigenvalue weighted by Gasteiger charge is -2.09. The monoisotopic (exact) mass is 306 g/mol. The van der Waals surface area contributed by atoms with Crippen molar-refractivity contribution < 1.29 is 4.79 Å². The van der Waals surface area contributed by atoms with E-state index in [-0.39, 0.29) is 5.91 Å². The van der Waals surface area contributed by atoms with Crippen molar-refractivity contribution in [1.82, 2.24) is 9.78 Å². The molecule has 2 rings (SSSR count). The van der Waals surface area contributed by atoms with Crippen molar-refractivity contribution in [2.75, 3.05) is 10.6 Å². The van der Waals surface area contributed by atoms with Gasteiger partial charge in [0, 0.05) is 38.0 Å². The summed E-state index contributed by atoms with van der Waals surface area (Å²) in [5.41, 5.74) is 3.78. The maximum Gasteiger partial charge on any atom is 0.221 e. The fourth-order valence-electron chi connectivity index (χ4n) is 2.14. The molecule has 0 unspecified atom stereocenters. The average Bonchev–Trinajstić information content (AvgIpc) is 2.79. The first-order chi connectivity index (χ1) is 9.99. The maximum absolute atomic E-state index is 11.0. The summed E-state index contributed by atoms with van der Waals surface area (Å²) in [4.78, 5) is 11.0. The summed E-state index contributed by atoms with van der Waals surface area (Å²) < 4.78 is 1.82. The maximum atomic E-state index is 11.0. The lowest BCUT2D eigenvalue weighted by atomic mass is 10.2. The Kier molecular flexibility index (Phi) is 4.85. The molecule has 0 spiro atoms. The summed E-state index contributed by atoms with van der Waals surface area (Å²) in [6.07, 6.45) is 2.92. The summed E-state index contributed by atoms with van der Waals surface area (Å²) in [7, 11) is 1.92. The van der Waals surface area contributed by atoms with Gasteiger partial charge in [-0.25, -0.2) is 0 Å². The third-order valence-corrected chi connectivity index (χ3v) is 3.40. The molecule has 0 saturated heterocycles. The molecule has 1 aromatic carbocycles. The minimum Gasteiger partial charge on any atom is -0.381 e. The predicted molar refractivity (Wildman–Crippen MR) is 85.7 cm³/mol. The minimum atomic E-state index is -0.138. The van der Waals surface area contributed by atoms with E-state index in [0.29, 0.717) is 17.3 Å². The SMILES string of the molecule is CCc1nn(C)cc1CNc1ccc(NC(C)=O)c(Cl)c1. The Balaban J connectivity index is 2.06. The standard InChI is InChI=1S/C15H19ClN4O/c1-4-14-11(9-20(3)19-14)8-17-12-5-6-15(13(16)7-12)18-10(2)21/h5-7,9,17H,4,8H2,1-3H3,(H,18,21). The van der Waals surface area contributed by atoms with Gasteiger partial charge in [0.25, 0.3) is 0 Å². The fourth-order valence-corrected chi connectivity index (χ4v) is 2.37. The van der Waals surface area contributed by atoms with Crippen LogP contribution in [0.1, 0.15) is 25.1 Å². The van der Waals surface area contributed by atoms with Gasteiger partial charge in [-0.3, -0.25) is 9.48 Å². The number of nitrogens with zero attached hydrogens (tertiary/aromatic N) is 2. The number of rotatable bonds is 5. The van der Waals surface area contributed by atoms with Crippen LogP contribution in [-0.2, 0) is 24.8 Å². The number of nitrogens with one attached hydrogen (secondary N) is 2. The van der Waals surface area contributed by atoms with Crippen molar-refractivity contribution >= 4 is 28.9 Å². The average molecular weight is 307 g/mol. The third-order valence-electron chi connectivity index (χ3n) is 3.09. The number of carbonyl (C=O) groups excluding carboxylic acids is 1. The first-order valence-electron chi connectivity index (χ1n) is 6.82. The van der Waals surface area contributed by atoms with Gasteiger partial charge in [-0.15, -0.1) is 0 Å². The van der Waals surface area contributed by atoms with Crippen molar-refractivity contribution in [3.8, 4) is 0 Å². The van der Waals surface area contributed by atoms with E-state index >= 15 is 0 Å². The Morgan fingerprint density at radius 1 is 1.43 bits per heavy atom. The van der Waals surface area contributed by atoms with Crippen LogP contribution in [0.5, 0.6) is 0 Å². The first kappa shape index (κ1) is 15.4. The highest BCUT2D eigenvalue weighted by Crippen LogP contribution is 2.26. The lowest BCUT2D eigenvalue weighted by molar-refractivity contribution is -0.114. The van der Waals surface area contributed by atoms with Crippen LogP contribution >= 0.6 is 11.6 Å². The van der Waals surface area contributed by atoms with E-state index in [1.807, 2.05) is 24.0 Å². The molecule has 0 bridgehead atoms. The molecular weight excluding hydrogens is 288 g/mol. The molecule has 6 heteroatoms. The molecule has 21 heavy (non-hydrogen) atoms. The van der Waals surface area contributed by atoms with Gasteiger partial charge in [0.05, 0.1) is 16.4 Å². The smallest absolute Gasteiger partial charge is 0.221 e. The number of hydrogen-bond donors (Lipinski definition) is 2. The van der Waals surface area contributed by atoms with E-state index in [4.69, 9.17) is 11.6 Å². The summed E-state index contributed by atoms with van der Waals surface area (Å²) in [5.74, 6) is -0.138. The third kappa shape index (κ3) is 3.98. The molecule has 1 heterocycles. The Labute approximate surface area is 129 Å². The molecule has 0 aliphatic carbocycles. The number of anilines is 2. The van der Waals surface area contributed by atoms with E-state index in [1.54, 1.807) is 12.1 Å². The Morgan fingerprint density at radius 3 is 2.81 bits per heavy atom. The molecule has 0 aliphatic rings.